The number of anilines is 1. The summed E-state index contributed by atoms with van der Waals surface area (Å²) in [5, 5.41) is 0.521. The zero-order valence-corrected chi connectivity index (χ0v) is 13.0. The largest absolute Gasteiger partial charge is 0.373 e. The molecule has 1 saturated heterocycles. The average Bonchev–Trinajstić information content (AvgIpc) is 2.55. The van der Waals surface area contributed by atoms with Crippen LogP contribution in [-0.4, -0.2) is 24.2 Å². The topological polar surface area (TPSA) is 25.4 Å². The van der Waals surface area contributed by atoms with Gasteiger partial charge in [0.1, 0.15) is 11.0 Å². The molecule has 2 heterocycles. The average molecular weight is 321 g/mol. The van der Waals surface area contributed by atoms with Crippen LogP contribution < -0.4 is 4.90 Å². The van der Waals surface area contributed by atoms with Gasteiger partial charge in [-0.2, -0.15) is 0 Å². The molecule has 3 nitrogen and oxygen atoms in total. The van der Waals surface area contributed by atoms with E-state index < -0.39 is 0 Å². The van der Waals surface area contributed by atoms with Gasteiger partial charge in [0.05, 0.1) is 12.7 Å². The molecule has 0 bridgehead atoms. The first-order valence-corrected chi connectivity index (χ1v) is 7.81. The summed E-state index contributed by atoms with van der Waals surface area (Å²) in [7, 11) is 0. The molecule has 1 aromatic heterocycles. The third kappa shape index (κ3) is 3.96. The molecule has 2 aromatic rings. The van der Waals surface area contributed by atoms with Crippen LogP contribution in [0.5, 0.6) is 0 Å². The molecule has 1 aromatic carbocycles. The quantitative estimate of drug-likeness (QED) is 0.794. The number of ether oxygens (including phenoxy) is 1. The Bertz CT molecular complexity index is 612. The van der Waals surface area contributed by atoms with Crippen molar-refractivity contribution in [1.29, 1.82) is 0 Å². The Labute approximate surface area is 134 Å². The number of nitrogens with zero attached hydrogens (tertiary/aromatic N) is 2. The lowest BCUT2D eigenvalue weighted by atomic mass is 10.1. The van der Waals surface area contributed by atoms with Crippen molar-refractivity contribution in [1.82, 2.24) is 4.98 Å². The van der Waals surface area contributed by atoms with Gasteiger partial charge in [-0.1, -0.05) is 23.7 Å². The first-order valence-electron chi connectivity index (χ1n) is 7.43. The molecular weight excluding hydrogens is 303 g/mol. The van der Waals surface area contributed by atoms with Gasteiger partial charge < -0.3 is 9.64 Å². The lowest BCUT2D eigenvalue weighted by Crippen LogP contribution is -2.37. The van der Waals surface area contributed by atoms with Crippen molar-refractivity contribution in [2.24, 2.45) is 0 Å². The Kier molecular flexibility index (Phi) is 4.90. The van der Waals surface area contributed by atoms with Crippen LogP contribution in [0.25, 0.3) is 0 Å². The molecule has 0 aliphatic carbocycles. The lowest BCUT2D eigenvalue weighted by Gasteiger charge is -2.33. The monoisotopic (exact) mass is 320 g/mol. The van der Waals surface area contributed by atoms with Gasteiger partial charge in [-0.25, -0.2) is 9.37 Å². The fraction of sp³-hybridized carbons (Fsp3) is 0.353. The van der Waals surface area contributed by atoms with Gasteiger partial charge >= 0.3 is 0 Å². The first-order chi connectivity index (χ1) is 10.7. The summed E-state index contributed by atoms with van der Waals surface area (Å²) in [4.78, 5) is 6.30. The Balaban J connectivity index is 1.48. The molecule has 0 N–H and O–H groups in total. The molecule has 1 aliphatic heterocycles. The molecule has 1 fully saturated rings. The summed E-state index contributed by atoms with van der Waals surface area (Å²) >= 11 is 5.93. The molecule has 0 unspecified atom stereocenters. The number of hydrogen-bond donors (Lipinski definition) is 0. The van der Waals surface area contributed by atoms with Crippen molar-refractivity contribution in [3.05, 3.63) is 59.1 Å². The van der Waals surface area contributed by atoms with Crippen LogP contribution in [0.1, 0.15) is 18.4 Å². The van der Waals surface area contributed by atoms with Gasteiger partial charge in [0.15, 0.2) is 0 Å². The van der Waals surface area contributed by atoms with Gasteiger partial charge in [-0.3, -0.25) is 0 Å². The predicted octanol–water partition coefficient (Wildman–Crippen LogP) is 4.06. The van der Waals surface area contributed by atoms with E-state index in [-0.39, 0.29) is 11.9 Å². The number of hydrogen-bond acceptors (Lipinski definition) is 3. The van der Waals surface area contributed by atoms with E-state index in [4.69, 9.17) is 16.3 Å². The van der Waals surface area contributed by atoms with Crippen LogP contribution in [0, 0.1) is 5.82 Å². The van der Waals surface area contributed by atoms with Crippen LogP contribution >= 0.6 is 11.6 Å². The molecule has 0 radical (unpaired) electrons. The van der Waals surface area contributed by atoms with E-state index in [9.17, 15) is 4.39 Å². The fourth-order valence-corrected chi connectivity index (χ4v) is 2.83. The summed E-state index contributed by atoms with van der Waals surface area (Å²) in [6, 6.07) is 10.3. The molecule has 0 spiro atoms. The number of rotatable bonds is 4. The van der Waals surface area contributed by atoms with E-state index >= 15 is 0 Å². The van der Waals surface area contributed by atoms with Gasteiger partial charge in [0, 0.05) is 25.0 Å². The third-order valence-corrected chi connectivity index (χ3v) is 4.12. The number of aromatic nitrogens is 1. The molecule has 3 rings (SSSR count). The standard InChI is InChI=1S/C17H18ClFN2O/c18-17-11-15(5-8-20-17)21-9-6-16(7-10-21)22-12-13-1-3-14(19)4-2-13/h1-5,8,11,16H,6-7,9-10,12H2. The minimum Gasteiger partial charge on any atom is -0.373 e. The van der Waals surface area contributed by atoms with Gasteiger partial charge in [-0.05, 0) is 42.7 Å². The van der Waals surface area contributed by atoms with Crippen LogP contribution in [0.2, 0.25) is 5.15 Å². The SMILES string of the molecule is Fc1ccc(COC2CCN(c3ccnc(Cl)c3)CC2)cc1. The van der Waals surface area contributed by atoms with E-state index in [0.29, 0.717) is 11.8 Å². The van der Waals surface area contributed by atoms with Crippen molar-refractivity contribution in [3.8, 4) is 0 Å². The number of benzene rings is 1. The van der Waals surface area contributed by atoms with Crippen LogP contribution in [-0.2, 0) is 11.3 Å². The van der Waals surface area contributed by atoms with Crippen LogP contribution in [0.3, 0.4) is 0 Å². The van der Waals surface area contributed by atoms with E-state index in [1.165, 1.54) is 12.1 Å². The van der Waals surface area contributed by atoms with Crippen LogP contribution in [0.4, 0.5) is 10.1 Å². The Morgan fingerprint density at radius 1 is 1.18 bits per heavy atom. The summed E-state index contributed by atoms with van der Waals surface area (Å²) in [5.74, 6) is -0.215. The number of halogens is 2. The second-order valence-corrected chi connectivity index (χ2v) is 5.85. The maximum atomic E-state index is 12.9. The molecule has 0 atom stereocenters. The number of piperidine rings is 1. The maximum absolute atomic E-state index is 12.9. The highest BCUT2D eigenvalue weighted by Crippen LogP contribution is 2.23. The fourth-order valence-electron chi connectivity index (χ4n) is 2.66. The highest BCUT2D eigenvalue weighted by molar-refractivity contribution is 6.29. The van der Waals surface area contributed by atoms with Crippen molar-refractivity contribution in [3.63, 3.8) is 0 Å². The highest BCUT2D eigenvalue weighted by atomic mass is 35.5. The molecule has 0 saturated carbocycles. The van der Waals surface area contributed by atoms with E-state index in [0.717, 1.165) is 37.2 Å². The smallest absolute Gasteiger partial charge is 0.131 e. The zero-order valence-electron chi connectivity index (χ0n) is 12.2. The summed E-state index contributed by atoms with van der Waals surface area (Å²) in [5.41, 5.74) is 2.11. The summed E-state index contributed by atoms with van der Waals surface area (Å²) in [6.45, 7) is 2.41. The Hall–Kier alpha value is -1.65. The molecule has 1 aliphatic rings. The summed E-state index contributed by atoms with van der Waals surface area (Å²) < 4.78 is 18.8. The third-order valence-electron chi connectivity index (χ3n) is 3.92. The Morgan fingerprint density at radius 2 is 1.91 bits per heavy atom. The van der Waals surface area contributed by atoms with Gasteiger partial charge in [-0.15, -0.1) is 0 Å². The first kappa shape index (κ1) is 15.3. The van der Waals surface area contributed by atoms with E-state index in [2.05, 4.69) is 9.88 Å². The molecule has 116 valence electrons. The molecule has 22 heavy (non-hydrogen) atoms. The van der Waals surface area contributed by atoms with Crippen molar-refractivity contribution in [2.45, 2.75) is 25.6 Å². The lowest BCUT2D eigenvalue weighted by molar-refractivity contribution is 0.0251. The predicted molar refractivity (Wildman–Crippen MR) is 85.7 cm³/mol. The zero-order chi connectivity index (χ0) is 15.4. The van der Waals surface area contributed by atoms with E-state index in [1.807, 2.05) is 12.1 Å². The second kappa shape index (κ2) is 7.07. The highest BCUT2D eigenvalue weighted by Gasteiger charge is 2.20. The van der Waals surface area contributed by atoms with E-state index in [1.54, 1.807) is 18.3 Å². The van der Waals surface area contributed by atoms with Gasteiger partial charge in [0.25, 0.3) is 0 Å². The maximum Gasteiger partial charge on any atom is 0.131 e. The summed E-state index contributed by atoms with van der Waals surface area (Å²) in [6.07, 6.45) is 3.93. The van der Waals surface area contributed by atoms with Crippen molar-refractivity contribution < 1.29 is 9.13 Å². The minimum atomic E-state index is -0.215. The normalized spacial score (nSPS) is 16.0. The molecule has 0 amide bonds. The Morgan fingerprint density at radius 3 is 2.59 bits per heavy atom. The van der Waals surface area contributed by atoms with Gasteiger partial charge in [0.2, 0.25) is 0 Å². The molecular formula is C17H18ClFN2O. The second-order valence-electron chi connectivity index (χ2n) is 5.46. The number of pyridine rings is 1. The molecule has 5 heteroatoms. The minimum absolute atomic E-state index is 0.215. The van der Waals surface area contributed by atoms with Crippen LogP contribution in [0.15, 0.2) is 42.6 Å². The van der Waals surface area contributed by atoms with Crippen molar-refractivity contribution in [2.75, 3.05) is 18.0 Å². The van der Waals surface area contributed by atoms with Crippen molar-refractivity contribution >= 4 is 17.3 Å².